The second-order valence-electron chi connectivity index (χ2n) is 25.0. The Hall–Kier alpha value is -3.03. The first kappa shape index (κ1) is 82.2. The molecular weight excluding hydrogens is 1170 g/mol. The molecule has 0 radical (unpaired) electrons. The molecule has 17 atom stereocenters. The van der Waals surface area contributed by atoms with Crippen LogP contribution in [0.2, 0.25) is 0 Å². The van der Waals surface area contributed by atoms with Crippen molar-refractivity contribution in [3.63, 3.8) is 0 Å². The van der Waals surface area contributed by atoms with Crippen LogP contribution in [0.1, 0.15) is 232 Å². The summed E-state index contributed by atoms with van der Waals surface area (Å²) in [4.78, 5) is 13.4. The molecule has 0 aromatic rings. The number of aliphatic hydroxyl groups excluding tert-OH is 11. The molecule has 91 heavy (non-hydrogen) atoms. The van der Waals surface area contributed by atoms with E-state index in [2.05, 4.69) is 92.1 Å². The number of nitrogens with one attached hydrogen (secondary N) is 1. The van der Waals surface area contributed by atoms with Gasteiger partial charge in [0, 0.05) is 6.42 Å². The molecule has 3 aliphatic rings. The first-order valence-electron chi connectivity index (χ1n) is 35.3. The second kappa shape index (κ2) is 53.2. The van der Waals surface area contributed by atoms with E-state index in [0.29, 0.717) is 12.8 Å². The molecule has 17 unspecified atom stereocenters. The van der Waals surface area contributed by atoms with E-state index in [0.717, 1.165) is 96.3 Å². The molecule has 0 saturated carbocycles. The summed E-state index contributed by atoms with van der Waals surface area (Å²) < 4.78 is 34.3. The zero-order chi connectivity index (χ0) is 66.1. The molecule has 0 aromatic carbocycles. The number of rotatable bonds is 53. The number of hydrogen-bond donors (Lipinski definition) is 12. The topological polar surface area (TPSA) is 307 Å². The van der Waals surface area contributed by atoms with Gasteiger partial charge in [-0.3, -0.25) is 4.79 Å². The summed E-state index contributed by atoms with van der Waals surface area (Å²) in [5.74, 6) is -0.299. The third kappa shape index (κ3) is 35.0. The minimum Gasteiger partial charge on any atom is -0.394 e. The lowest BCUT2D eigenvalue weighted by Crippen LogP contribution is -2.66. The zero-order valence-electron chi connectivity index (χ0n) is 55.5. The van der Waals surface area contributed by atoms with Gasteiger partial charge < -0.3 is 89.9 Å². The Balaban J connectivity index is 1.46. The van der Waals surface area contributed by atoms with E-state index in [1.807, 2.05) is 6.08 Å². The van der Waals surface area contributed by atoms with Crippen molar-refractivity contribution in [3.8, 4) is 0 Å². The van der Waals surface area contributed by atoms with Gasteiger partial charge in [-0.2, -0.15) is 0 Å². The van der Waals surface area contributed by atoms with E-state index in [9.17, 15) is 61.0 Å². The van der Waals surface area contributed by atoms with E-state index < -0.39 is 124 Å². The average Bonchev–Trinajstić information content (AvgIpc) is 0.883. The molecule has 0 spiro atoms. The first-order chi connectivity index (χ1) is 44.3. The van der Waals surface area contributed by atoms with Gasteiger partial charge in [0.15, 0.2) is 18.9 Å². The number of unbranched alkanes of at least 4 members (excludes halogenated alkanes) is 25. The van der Waals surface area contributed by atoms with Gasteiger partial charge in [0.05, 0.1) is 38.6 Å². The maximum atomic E-state index is 13.4. The smallest absolute Gasteiger partial charge is 0.220 e. The molecule has 3 aliphatic heterocycles. The largest absolute Gasteiger partial charge is 0.394 e. The van der Waals surface area contributed by atoms with E-state index >= 15 is 0 Å². The number of amides is 1. The molecule has 12 N–H and O–H groups in total. The normalized spacial score (nSPS) is 28.4. The van der Waals surface area contributed by atoms with Gasteiger partial charge in [-0.1, -0.05) is 234 Å². The molecule has 0 bridgehead atoms. The molecule has 3 heterocycles. The van der Waals surface area contributed by atoms with Gasteiger partial charge in [0.2, 0.25) is 5.91 Å². The summed E-state index contributed by atoms with van der Waals surface area (Å²) in [6, 6.07) is -1.00. The standard InChI is InChI=1S/C72H125NO18/c1-3-5-7-9-11-13-15-17-19-21-23-25-27-29-31-33-35-37-39-41-43-45-47-49-56(77)55(73-60(78)50-48-46-44-42-40-38-36-34-32-30-28-26-24-22-20-18-16-14-12-10-8-6-4-2)54-86-70-66(84)63(81)68(58(52-75)88-70)91-72-67(85)64(82)69(59(53-76)89-72)90-71-65(83)62(80)61(79)57(51-74)87-71/h6,8,12,14,18,20,24,26,30,32,39,41,47,49,55-59,61-72,74-77,79-85H,3-5,7,9-11,13,15-17,19,21-23,25,27-29,31,33-38,40,42-46,48,50-54H2,1-2H3,(H,73,78)/b8-6-,14-12-,20-18-,26-24-,32-30-,41-39+,49-47+. The minimum absolute atomic E-state index is 0.218. The fraction of sp³-hybridized carbons (Fsp3) is 0.792. The molecular formula is C72H125NO18. The van der Waals surface area contributed by atoms with E-state index in [1.165, 1.54) is 103 Å². The predicted molar refractivity (Wildman–Crippen MR) is 355 cm³/mol. The van der Waals surface area contributed by atoms with Gasteiger partial charge in [-0.15, -0.1) is 0 Å². The maximum absolute atomic E-state index is 13.4. The highest BCUT2D eigenvalue weighted by Gasteiger charge is 2.53. The summed E-state index contributed by atoms with van der Waals surface area (Å²) in [5.41, 5.74) is 0. The molecule has 3 saturated heterocycles. The lowest BCUT2D eigenvalue weighted by Gasteiger charge is -2.48. The molecule has 3 fully saturated rings. The minimum atomic E-state index is -1.99. The van der Waals surface area contributed by atoms with Crippen molar-refractivity contribution in [1.29, 1.82) is 0 Å². The van der Waals surface area contributed by atoms with Crippen molar-refractivity contribution in [1.82, 2.24) is 5.32 Å². The van der Waals surface area contributed by atoms with Crippen LogP contribution < -0.4 is 5.32 Å². The molecule has 526 valence electrons. The molecule has 0 aromatic heterocycles. The third-order valence-electron chi connectivity index (χ3n) is 17.2. The third-order valence-corrected chi connectivity index (χ3v) is 17.2. The molecule has 19 nitrogen and oxygen atoms in total. The Labute approximate surface area is 546 Å². The maximum Gasteiger partial charge on any atom is 0.220 e. The summed E-state index contributed by atoms with van der Waals surface area (Å²) >= 11 is 0. The van der Waals surface area contributed by atoms with Gasteiger partial charge in [-0.05, 0) is 77.0 Å². The zero-order valence-corrected chi connectivity index (χ0v) is 55.5. The number of carbonyl (C=O) groups excluding carboxylic acids is 1. The van der Waals surface area contributed by atoms with E-state index in [1.54, 1.807) is 6.08 Å². The van der Waals surface area contributed by atoms with Gasteiger partial charge in [-0.25, -0.2) is 0 Å². The number of ether oxygens (including phenoxy) is 6. The Morgan fingerprint density at radius 3 is 1.23 bits per heavy atom. The Morgan fingerprint density at radius 1 is 0.407 bits per heavy atom. The highest BCUT2D eigenvalue weighted by Crippen LogP contribution is 2.33. The van der Waals surface area contributed by atoms with Crippen LogP contribution in [0.25, 0.3) is 0 Å². The van der Waals surface area contributed by atoms with Crippen LogP contribution >= 0.6 is 0 Å². The van der Waals surface area contributed by atoms with Gasteiger partial charge >= 0.3 is 0 Å². The van der Waals surface area contributed by atoms with Crippen LogP contribution in [-0.2, 0) is 33.2 Å². The first-order valence-corrected chi connectivity index (χ1v) is 35.3. The fourth-order valence-electron chi connectivity index (χ4n) is 11.5. The van der Waals surface area contributed by atoms with Crippen molar-refractivity contribution < 1.29 is 89.4 Å². The molecule has 1 amide bonds. The predicted octanol–water partition coefficient (Wildman–Crippen LogP) is 9.49. The number of allylic oxidation sites excluding steroid dienone is 13. The van der Waals surface area contributed by atoms with Crippen LogP contribution in [0.4, 0.5) is 0 Å². The Morgan fingerprint density at radius 2 is 0.769 bits per heavy atom. The lowest BCUT2D eigenvalue weighted by atomic mass is 9.96. The SMILES string of the molecule is CC/C=C\C/C=C\C/C=C\C/C=C\C/C=C\CCCCCCCCCC(=O)NC(COC1OC(CO)C(OC2OC(CO)C(OC3OC(CO)C(O)C(O)C3O)C(O)C2O)C(O)C1O)C(O)/C=C/CC/C=C/CCCCCCCCCCCCCCCCCCC. The number of hydrogen-bond acceptors (Lipinski definition) is 18. The van der Waals surface area contributed by atoms with E-state index in [4.69, 9.17) is 28.4 Å². The summed E-state index contributed by atoms with van der Waals surface area (Å²) in [7, 11) is 0. The summed E-state index contributed by atoms with van der Waals surface area (Å²) in [5, 5.41) is 121. The van der Waals surface area contributed by atoms with Gasteiger partial charge in [0.25, 0.3) is 0 Å². The van der Waals surface area contributed by atoms with Crippen molar-refractivity contribution in [3.05, 3.63) is 85.1 Å². The van der Waals surface area contributed by atoms with Crippen molar-refractivity contribution >= 4 is 5.91 Å². The number of carbonyl (C=O) groups is 1. The monoisotopic (exact) mass is 1290 g/mol. The van der Waals surface area contributed by atoms with Crippen LogP contribution in [0, 0.1) is 0 Å². The van der Waals surface area contributed by atoms with Crippen LogP contribution in [0.15, 0.2) is 85.1 Å². The quantitative estimate of drug-likeness (QED) is 0.0199. The van der Waals surface area contributed by atoms with Crippen molar-refractivity contribution in [2.24, 2.45) is 0 Å². The van der Waals surface area contributed by atoms with Gasteiger partial charge in [0.1, 0.15) is 73.2 Å². The summed E-state index contributed by atoms with van der Waals surface area (Å²) in [6.45, 7) is 1.60. The highest BCUT2D eigenvalue weighted by molar-refractivity contribution is 5.76. The second-order valence-corrected chi connectivity index (χ2v) is 25.0. The molecule has 3 rings (SSSR count). The molecule has 0 aliphatic carbocycles. The van der Waals surface area contributed by atoms with E-state index in [-0.39, 0.29) is 18.9 Å². The van der Waals surface area contributed by atoms with Crippen molar-refractivity contribution in [2.75, 3.05) is 26.4 Å². The summed E-state index contributed by atoms with van der Waals surface area (Å²) in [6.07, 6.45) is 41.2. The average molecular weight is 1290 g/mol. The van der Waals surface area contributed by atoms with Crippen molar-refractivity contribution in [2.45, 2.75) is 336 Å². The molecule has 19 heteroatoms. The Kier molecular flexibility index (Phi) is 48.0. The number of aliphatic hydroxyl groups is 11. The van der Waals surface area contributed by atoms with Crippen LogP contribution in [0.5, 0.6) is 0 Å². The fourth-order valence-corrected chi connectivity index (χ4v) is 11.5. The Bertz CT molecular complexity index is 1980. The lowest BCUT2D eigenvalue weighted by molar-refractivity contribution is -0.379. The van der Waals surface area contributed by atoms with Crippen LogP contribution in [0.3, 0.4) is 0 Å². The highest BCUT2D eigenvalue weighted by atomic mass is 16.8. The van der Waals surface area contributed by atoms with Crippen LogP contribution in [-0.4, -0.2) is 193 Å².